The fourth-order valence-corrected chi connectivity index (χ4v) is 4.69. The van der Waals surface area contributed by atoms with Gasteiger partial charge in [0.2, 0.25) is 0 Å². The number of hydrazone groups is 1. The molecule has 0 spiro atoms. The minimum atomic E-state index is -0.270. The lowest BCUT2D eigenvalue weighted by Gasteiger charge is -2.37. The first kappa shape index (κ1) is 17.3. The van der Waals surface area contributed by atoms with Crippen LogP contribution in [0.3, 0.4) is 0 Å². The van der Waals surface area contributed by atoms with Gasteiger partial charge in [-0.1, -0.05) is 12.2 Å². The SMILES string of the molecule is CCOc1cc(/C=N\N2C(=O)[C@@H]3[C@H](C2=O)[C@H]2C=C[C@H]3CC2)cc(Br)c1O. The van der Waals surface area contributed by atoms with Gasteiger partial charge in [-0.05, 0) is 65.2 Å². The highest BCUT2D eigenvalue weighted by atomic mass is 79.9. The zero-order chi connectivity index (χ0) is 18.4. The van der Waals surface area contributed by atoms with E-state index in [4.69, 9.17) is 4.74 Å². The van der Waals surface area contributed by atoms with E-state index in [1.165, 1.54) is 6.21 Å². The second-order valence-electron chi connectivity index (χ2n) is 6.86. The smallest absolute Gasteiger partial charge is 0.254 e. The molecule has 1 aromatic carbocycles. The van der Waals surface area contributed by atoms with Gasteiger partial charge in [-0.25, -0.2) is 0 Å². The molecular formula is C19H19BrN2O4. The van der Waals surface area contributed by atoms with Crippen molar-refractivity contribution in [2.75, 3.05) is 6.61 Å². The second kappa shape index (κ2) is 6.54. The molecule has 4 aliphatic rings. The van der Waals surface area contributed by atoms with Crippen LogP contribution in [0.15, 0.2) is 33.9 Å². The van der Waals surface area contributed by atoms with Crippen LogP contribution in [0.5, 0.6) is 11.5 Å². The van der Waals surface area contributed by atoms with Crippen molar-refractivity contribution in [3.63, 3.8) is 0 Å². The average molecular weight is 419 g/mol. The van der Waals surface area contributed by atoms with Gasteiger partial charge in [0.25, 0.3) is 11.8 Å². The number of aromatic hydroxyl groups is 1. The van der Waals surface area contributed by atoms with Gasteiger partial charge >= 0.3 is 0 Å². The van der Waals surface area contributed by atoms with Crippen molar-refractivity contribution in [2.24, 2.45) is 28.8 Å². The maximum absolute atomic E-state index is 12.7. The number of imide groups is 1. The number of hydrogen-bond acceptors (Lipinski definition) is 5. The third kappa shape index (κ3) is 2.65. The van der Waals surface area contributed by atoms with E-state index in [1.807, 2.05) is 6.92 Å². The first-order valence-electron chi connectivity index (χ1n) is 8.76. The summed E-state index contributed by atoms with van der Waals surface area (Å²) in [5.74, 6) is -0.341. The number of rotatable bonds is 4. The van der Waals surface area contributed by atoms with Crippen molar-refractivity contribution in [1.29, 1.82) is 0 Å². The molecule has 2 amide bonds. The Morgan fingerprint density at radius 2 is 1.85 bits per heavy atom. The number of benzene rings is 1. The van der Waals surface area contributed by atoms with E-state index in [0.717, 1.165) is 17.9 Å². The van der Waals surface area contributed by atoms with Crippen molar-refractivity contribution < 1.29 is 19.4 Å². The summed E-state index contributed by atoms with van der Waals surface area (Å²) in [4.78, 5) is 25.5. The molecule has 0 aromatic heterocycles. The Kier molecular flexibility index (Phi) is 4.34. The predicted molar refractivity (Wildman–Crippen MR) is 98.8 cm³/mol. The molecule has 0 unspecified atom stereocenters. The van der Waals surface area contributed by atoms with Crippen LogP contribution >= 0.6 is 15.9 Å². The second-order valence-corrected chi connectivity index (χ2v) is 7.71. The number of allylic oxidation sites excluding steroid dienone is 2. The van der Waals surface area contributed by atoms with E-state index in [1.54, 1.807) is 12.1 Å². The van der Waals surface area contributed by atoms with Crippen molar-refractivity contribution in [1.82, 2.24) is 5.01 Å². The minimum absolute atomic E-state index is 0.00555. The summed E-state index contributed by atoms with van der Waals surface area (Å²) in [7, 11) is 0. The Morgan fingerprint density at radius 3 is 2.38 bits per heavy atom. The maximum atomic E-state index is 12.7. The van der Waals surface area contributed by atoms with Crippen LogP contribution < -0.4 is 4.74 Å². The van der Waals surface area contributed by atoms with Gasteiger partial charge in [0.05, 0.1) is 29.1 Å². The highest BCUT2D eigenvalue weighted by molar-refractivity contribution is 9.10. The lowest BCUT2D eigenvalue weighted by Crippen LogP contribution is -2.38. The quantitative estimate of drug-likeness (QED) is 0.462. The molecule has 136 valence electrons. The molecule has 6 nitrogen and oxygen atoms in total. The van der Waals surface area contributed by atoms with E-state index in [9.17, 15) is 14.7 Å². The number of ether oxygens (including phenoxy) is 1. The van der Waals surface area contributed by atoms with Crippen LogP contribution in [0, 0.1) is 23.7 Å². The largest absolute Gasteiger partial charge is 0.503 e. The molecule has 1 aliphatic heterocycles. The number of nitrogens with zero attached hydrogens (tertiary/aromatic N) is 2. The fourth-order valence-electron chi connectivity index (χ4n) is 4.23. The summed E-state index contributed by atoms with van der Waals surface area (Å²) < 4.78 is 5.85. The number of amides is 2. The van der Waals surface area contributed by atoms with Gasteiger partial charge in [0.1, 0.15) is 0 Å². The van der Waals surface area contributed by atoms with Gasteiger partial charge in [-0.3, -0.25) is 9.59 Å². The molecule has 7 heteroatoms. The number of carbonyl (C=O) groups is 2. The zero-order valence-corrected chi connectivity index (χ0v) is 15.8. The Balaban J connectivity index is 1.60. The molecule has 1 saturated heterocycles. The van der Waals surface area contributed by atoms with Gasteiger partial charge < -0.3 is 9.84 Å². The molecule has 2 fully saturated rings. The molecular weight excluding hydrogens is 400 g/mol. The third-order valence-corrected chi connectivity index (χ3v) is 6.01. The molecule has 1 heterocycles. The van der Waals surface area contributed by atoms with Crippen LogP contribution in [0.4, 0.5) is 0 Å². The zero-order valence-electron chi connectivity index (χ0n) is 14.3. The summed E-state index contributed by atoms with van der Waals surface area (Å²) in [6.45, 7) is 2.22. The summed E-state index contributed by atoms with van der Waals surface area (Å²) in [6.07, 6.45) is 7.54. The molecule has 26 heavy (non-hydrogen) atoms. The Morgan fingerprint density at radius 1 is 1.23 bits per heavy atom. The molecule has 5 rings (SSSR count). The standard InChI is InChI=1S/C19H19BrN2O4/c1-2-26-14-8-10(7-13(20)17(14)23)9-21-22-18(24)15-11-3-4-12(6-5-11)16(15)19(22)25/h3-4,7-9,11-12,15-16,23H,2,5-6H2,1H3/b21-9-/t11-,12-,15-,16+/m0/s1. The third-order valence-electron chi connectivity index (χ3n) is 5.41. The minimum Gasteiger partial charge on any atom is -0.503 e. The number of phenolic OH excluding ortho intramolecular Hbond substituents is 1. The first-order chi connectivity index (χ1) is 12.5. The van der Waals surface area contributed by atoms with E-state index in [2.05, 4.69) is 33.2 Å². The van der Waals surface area contributed by atoms with Crippen LogP contribution in [0.1, 0.15) is 25.3 Å². The van der Waals surface area contributed by atoms with Gasteiger partial charge in [0.15, 0.2) is 11.5 Å². The molecule has 3 aliphatic carbocycles. The van der Waals surface area contributed by atoms with Gasteiger partial charge in [0, 0.05) is 0 Å². The van der Waals surface area contributed by atoms with Crippen molar-refractivity contribution in [2.45, 2.75) is 19.8 Å². The Labute approximate surface area is 159 Å². The molecule has 1 saturated carbocycles. The van der Waals surface area contributed by atoms with E-state index in [0.29, 0.717) is 22.4 Å². The molecule has 2 bridgehead atoms. The lowest BCUT2D eigenvalue weighted by molar-refractivity contribution is -0.140. The van der Waals surface area contributed by atoms with Crippen LogP contribution in [0.25, 0.3) is 0 Å². The predicted octanol–water partition coefficient (Wildman–Crippen LogP) is 3.08. The number of halogens is 1. The van der Waals surface area contributed by atoms with Crippen LogP contribution in [0.2, 0.25) is 0 Å². The maximum Gasteiger partial charge on any atom is 0.254 e. The number of carbonyl (C=O) groups excluding carboxylic acids is 2. The summed E-state index contributed by atoms with van der Waals surface area (Å²) in [6, 6.07) is 3.28. The monoisotopic (exact) mass is 418 g/mol. The van der Waals surface area contributed by atoms with Gasteiger partial charge in [-0.15, -0.1) is 0 Å². The topological polar surface area (TPSA) is 79.2 Å². The fraction of sp³-hybridized carbons (Fsp3) is 0.421. The van der Waals surface area contributed by atoms with E-state index in [-0.39, 0.29) is 41.2 Å². The molecule has 1 N–H and O–H groups in total. The van der Waals surface area contributed by atoms with Crippen LogP contribution in [-0.4, -0.2) is 34.8 Å². The normalized spacial score (nSPS) is 29.7. The Bertz CT molecular complexity index is 803. The average Bonchev–Trinajstić information content (AvgIpc) is 2.91. The van der Waals surface area contributed by atoms with Crippen molar-refractivity contribution in [3.8, 4) is 11.5 Å². The summed E-state index contributed by atoms with van der Waals surface area (Å²) >= 11 is 3.27. The highest BCUT2D eigenvalue weighted by Crippen LogP contribution is 2.49. The number of hydrogen-bond donors (Lipinski definition) is 1. The number of fused-ring (bicyclic) bond motifs is 1. The van der Waals surface area contributed by atoms with Crippen molar-refractivity contribution in [3.05, 3.63) is 34.3 Å². The molecule has 1 aromatic rings. The van der Waals surface area contributed by atoms with E-state index < -0.39 is 0 Å². The van der Waals surface area contributed by atoms with E-state index >= 15 is 0 Å². The first-order valence-corrected chi connectivity index (χ1v) is 9.56. The molecule has 0 radical (unpaired) electrons. The van der Waals surface area contributed by atoms with Crippen molar-refractivity contribution >= 4 is 34.0 Å². The van der Waals surface area contributed by atoms with Crippen LogP contribution in [-0.2, 0) is 9.59 Å². The Hall–Kier alpha value is -2.15. The number of phenols is 1. The van der Waals surface area contributed by atoms with Gasteiger partial charge in [-0.2, -0.15) is 10.1 Å². The lowest BCUT2D eigenvalue weighted by atomic mass is 9.63. The summed E-state index contributed by atoms with van der Waals surface area (Å²) in [5.41, 5.74) is 0.620. The molecule has 4 atom stereocenters. The highest BCUT2D eigenvalue weighted by Gasteiger charge is 2.56. The summed E-state index contributed by atoms with van der Waals surface area (Å²) in [5, 5.41) is 15.2.